The van der Waals surface area contributed by atoms with Gasteiger partial charge in [-0.3, -0.25) is 14.3 Å². The lowest BCUT2D eigenvalue weighted by Crippen LogP contribution is -2.33. The number of terminal acetylenes is 1. The number of nitrogens with one attached hydrogen (secondary N) is 1. The van der Waals surface area contributed by atoms with Crippen molar-refractivity contribution >= 4 is 0 Å². The highest BCUT2D eigenvalue weighted by Gasteiger charge is 2.35. The van der Waals surface area contributed by atoms with Gasteiger partial charge in [0.1, 0.15) is 17.9 Å². The summed E-state index contributed by atoms with van der Waals surface area (Å²) in [7, 11) is 0. The highest BCUT2D eigenvalue weighted by molar-refractivity contribution is 5.26. The molecule has 7 heteroatoms. The van der Waals surface area contributed by atoms with Crippen LogP contribution in [0.25, 0.3) is 0 Å². The van der Waals surface area contributed by atoms with Crippen molar-refractivity contribution in [3.05, 3.63) is 32.6 Å². The molecule has 96 valence electrons. The first-order valence-corrected chi connectivity index (χ1v) is 5.33. The average molecular weight is 254 g/mol. The molecule has 1 aromatic heterocycles. The van der Waals surface area contributed by atoms with E-state index in [-0.39, 0.29) is 18.6 Å². The zero-order chi connectivity index (χ0) is 13.3. The van der Waals surface area contributed by atoms with Crippen LogP contribution in [0.1, 0.15) is 18.2 Å². The first-order valence-electron chi connectivity index (χ1n) is 5.33. The first kappa shape index (κ1) is 12.6. The number of H-pyrrole nitrogens is 1. The normalized spacial score (nSPS) is 27.1. The molecule has 1 saturated heterocycles. The molecule has 0 aliphatic carbocycles. The predicted molar refractivity (Wildman–Crippen MR) is 60.9 cm³/mol. The van der Waals surface area contributed by atoms with Crippen molar-refractivity contribution in [2.24, 2.45) is 0 Å². The smallest absolute Gasteiger partial charge is 0.330 e. The molecule has 0 bridgehead atoms. The van der Waals surface area contributed by atoms with Crippen molar-refractivity contribution in [3.63, 3.8) is 0 Å². The van der Waals surface area contributed by atoms with Crippen molar-refractivity contribution in [2.75, 3.05) is 6.61 Å². The minimum Gasteiger partial charge on any atom is -0.394 e. The van der Waals surface area contributed by atoms with Crippen LogP contribution in [0.4, 0.5) is 0 Å². The Bertz CT molecular complexity index is 597. The van der Waals surface area contributed by atoms with Crippen LogP contribution in [-0.2, 0) is 4.74 Å². The Hall–Kier alpha value is -1.88. The summed E-state index contributed by atoms with van der Waals surface area (Å²) in [5, 5.41) is 18.5. The molecule has 0 saturated carbocycles. The number of nitrogens with zero attached hydrogens (tertiary/aromatic N) is 1. The fourth-order valence-corrected chi connectivity index (χ4v) is 1.85. The van der Waals surface area contributed by atoms with Crippen LogP contribution < -0.4 is 11.2 Å². The van der Waals surface area contributed by atoms with Gasteiger partial charge in [-0.2, -0.15) is 0 Å². The Morgan fingerprint density at radius 1 is 1.61 bits per heavy atom. The lowest BCUT2D eigenvalue weighted by Gasteiger charge is -2.14. The van der Waals surface area contributed by atoms with Gasteiger partial charge >= 0.3 is 5.69 Å². The molecule has 3 atom stereocenters. The van der Waals surface area contributed by atoms with E-state index >= 15 is 0 Å². The van der Waals surface area contributed by atoms with Gasteiger partial charge in [0.25, 0.3) is 5.56 Å². The predicted octanol–water partition coefficient (Wildman–Crippen LogP) is -1.84. The maximum absolute atomic E-state index is 11.6. The summed E-state index contributed by atoms with van der Waals surface area (Å²) in [5.74, 6) is 2.15. The summed E-state index contributed by atoms with van der Waals surface area (Å²) < 4.78 is 6.41. The highest BCUT2D eigenvalue weighted by atomic mass is 16.5. The van der Waals surface area contributed by atoms with Crippen LogP contribution in [0.15, 0.2) is 15.8 Å². The van der Waals surface area contributed by atoms with E-state index in [1.165, 1.54) is 6.20 Å². The minimum atomic E-state index is -0.867. The maximum atomic E-state index is 11.6. The summed E-state index contributed by atoms with van der Waals surface area (Å²) >= 11 is 0. The van der Waals surface area contributed by atoms with Crippen molar-refractivity contribution in [1.29, 1.82) is 0 Å². The Balaban J connectivity index is 2.39. The van der Waals surface area contributed by atoms with Crippen LogP contribution in [0.3, 0.4) is 0 Å². The van der Waals surface area contributed by atoms with Crippen LogP contribution in [0.2, 0.25) is 0 Å². The second-order valence-electron chi connectivity index (χ2n) is 3.97. The molecular weight excluding hydrogens is 242 g/mol. The van der Waals surface area contributed by atoms with Crippen LogP contribution in [0, 0.1) is 12.3 Å². The third kappa shape index (κ3) is 2.09. The van der Waals surface area contributed by atoms with Crippen molar-refractivity contribution in [1.82, 2.24) is 9.55 Å². The van der Waals surface area contributed by atoms with E-state index in [0.717, 1.165) is 4.57 Å². The van der Waals surface area contributed by atoms with E-state index in [0.29, 0.717) is 0 Å². The molecule has 18 heavy (non-hydrogen) atoms. The topological polar surface area (TPSA) is 105 Å². The molecule has 2 rings (SSSR count). The molecule has 1 fully saturated rings. The lowest BCUT2D eigenvalue weighted by atomic mass is 10.2. The van der Waals surface area contributed by atoms with Gasteiger partial charge in [0, 0.05) is 12.6 Å². The molecule has 0 radical (unpaired) electrons. The van der Waals surface area contributed by atoms with Gasteiger partial charge in [-0.15, -0.1) is 6.42 Å². The number of aliphatic hydroxyl groups is 2. The molecule has 7 nitrogen and oxygen atoms in total. The monoisotopic (exact) mass is 254 g/mol. The number of aromatic nitrogens is 2. The molecule has 1 aliphatic heterocycles. The molecule has 3 N–H and O–H groups in total. The summed E-state index contributed by atoms with van der Waals surface area (Å²) in [6.45, 7) is -0.349. The van der Waals surface area contributed by atoms with Crippen LogP contribution >= 0.6 is 0 Å². The molecule has 0 aromatic carbocycles. The van der Waals surface area contributed by atoms with Gasteiger partial charge < -0.3 is 14.9 Å². The molecule has 0 amide bonds. The van der Waals surface area contributed by atoms with Gasteiger partial charge in [-0.25, -0.2) is 4.79 Å². The summed E-state index contributed by atoms with van der Waals surface area (Å²) in [4.78, 5) is 25.0. The zero-order valence-electron chi connectivity index (χ0n) is 9.37. The van der Waals surface area contributed by atoms with E-state index in [2.05, 4.69) is 10.9 Å². The van der Waals surface area contributed by atoms with Crippen LogP contribution in [0.5, 0.6) is 0 Å². The average Bonchev–Trinajstić information content (AvgIpc) is 2.70. The maximum Gasteiger partial charge on any atom is 0.330 e. The fraction of sp³-hybridized carbons (Fsp3) is 0.455. The lowest BCUT2D eigenvalue weighted by molar-refractivity contribution is -0.0459. The molecule has 0 spiro atoms. The summed E-state index contributed by atoms with van der Waals surface area (Å²) in [5.41, 5.74) is -1.31. The molecule has 0 unspecified atom stereocenters. The second-order valence-corrected chi connectivity index (χ2v) is 3.97. The number of ether oxygens (including phenoxy) is 1. The number of hydrogen-bond acceptors (Lipinski definition) is 5. The molecule has 1 aromatic rings. The van der Waals surface area contributed by atoms with E-state index in [1.54, 1.807) is 0 Å². The van der Waals surface area contributed by atoms with Crippen molar-refractivity contribution in [3.8, 4) is 12.3 Å². The van der Waals surface area contributed by atoms with E-state index < -0.39 is 29.7 Å². The van der Waals surface area contributed by atoms with E-state index in [9.17, 15) is 14.7 Å². The largest absolute Gasteiger partial charge is 0.394 e. The highest BCUT2D eigenvalue weighted by Crippen LogP contribution is 2.27. The molecular formula is C11H12N2O5. The van der Waals surface area contributed by atoms with Gasteiger partial charge in [-0.05, 0) is 0 Å². The van der Waals surface area contributed by atoms with E-state index in [1.807, 2.05) is 0 Å². The Morgan fingerprint density at radius 3 is 2.89 bits per heavy atom. The number of hydrogen-bond donors (Lipinski definition) is 3. The standard InChI is InChI=1S/C11H12N2O5/c1-2-6-4-13(11(17)12-10(6)16)9-3-7(15)8(5-14)18-9/h1,4,7-9,14-15H,3,5H2,(H,12,16,17)/t7-,8+,9+/m0/s1/i1+1,2+1. The Kier molecular flexibility index (Phi) is 3.34. The Labute approximate surface area is 102 Å². The van der Waals surface area contributed by atoms with Gasteiger partial charge in [0.15, 0.2) is 0 Å². The third-order valence-corrected chi connectivity index (χ3v) is 2.82. The minimum absolute atomic E-state index is 0.000128. The molecule has 1 aliphatic rings. The quantitative estimate of drug-likeness (QED) is 0.425. The number of aliphatic hydroxyl groups excluding tert-OH is 2. The van der Waals surface area contributed by atoms with Gasteiger partial charge in [-0.1, -0.05) is 5.92 Å². The number of rotatable bonds is 2. The summed E-state index contributed by atoms with van der Waals surface area (Å²) in [6.07, 6.45) is 4.11. The van der Waals surface area contributed by atoms with Gasteiger partial charge in [0.05, 0.1) is 12.7 Å². The third-order valence-electron chi connectivity index (χ3n) is 2.82. The fourth-order valence-electron chi connectivity index (χ4n) is 1.85. The SMILES string of the molecule is [13CH]#[13C]c1cn([C@H]2C[C@H](O)[C@@H](CO)O2)c(=O)[nH]c1=O. The second kappa shape index (κ2) is 4.78. The zero-order valence-corrected chi connectivity index (χ0v) is 9.37. The van der Waals surface area contributed by atoms with E-state index in [4.69, 9.17) is 16.3 Å². The first-order chi connectivity index (χ1) is 8.56. The van der Waals surface area contributed by atoms with Crippen molar-refractivity contribution < 1.29 is 14.9 Å². The summed E-state index contributed by atoms with van der Waals surface area (Å²) in [6, 6.07) is 0. The van der Waals surface area contributed by atoms with Gasteiger partial charge in [0.2, 0.25) is 0 Å². The molecule has 2 heterocycles. The Morgan fingerprint density at radius 2 is 2.33 bits per heavy atom. The number of aromatic amines is 1. The van der Waals surface area contributed by atoms with Crippen LogP contribution in [-0.4, -0.2) is 38.6 Å². The van der Waals surface area contributed by atoms with Crippen molar-refractivity contribution in [2.45, 2.75) is 24.9 Å².